The monoisotopic (exact) mass is 170 g/mol. The maximum Gasteiger partial charge on any atom is 0.0244 e. The molecule has 72 valence electrons. The van der Waals surface area contributed by atoms with Crippen molar-refractivity contribution in [3.63, 3.8) is 0 Å². The predicted octanol–water partition coefficient (Wildman–Crippen LogP) is 1.60. The Bertz CT molecular complexity index is 125. The lowest BCUT2D eigenvalue weighted by Gasteiger charge is -2.30. The van der Waals surface area contributed by atoms with Gasteiger partial charge in [-0.1, -0.05) is 26.2 Å². The summed E-state index contributed by atoms with van der Waals surface area (Å²) in [6, 6.07) is 1.05. The van der Waals surface area contributed by atoms with E-state index in [1.54, 1.807) is 0 Å². The van der Waals surface area contributed by atoms with Gasteiger partial charge in [0, 0.05) is 12.1 Å². The van der Waals surface area contributed by atoms with Gasteiger partial charge in [-0.15, -0.1) is 0 Å². The van der Waals surface area contributed by atoms with Crippen LogP contribution in [-0.4, -0.2) is 30.6 Å². The molecular formula is C10H22N2. The molecule has 1 aliphatic rings. The highest BCUT2D eigenvalue weighted by Gasteiger charge is 2.22. The molecule has 0 amide bonds. The van der Waals surface area contributed by atoms with E-state index in [-0.39, 0.29) is 0 Å². The summed E-state index contributed by atoms with van der Waals surface area (Å²) in [4.78, 5) is 2.40. The van der Waals surface area contributed by atoms with Crippen LogP contribution in [0.5, 0.6) is 0 Å². The molecule has 0 aromatic carbocycles. The molecule has 0 spiro atoms. The van der Waals surface area contributed by atoms with Gasteiger partial charge in [0.25, 0.3) is 0 Å². The molecule has 2 unspecified atom stereocenters. The summed E-state index contributed by atoms with van der Waals surface area (Å²) in [7, 11) is 2.19. The molecule has 0 heterocycles. The van der Waals surface area contributed by atoms with E-state index in [1.165, 1.54) is 32.1 Å². The lowest BCUT2D eigenvalue weighted by Crippen LogP contribution is -2.45. The van der Waals surface area contributed by atoms with Crippen LogP contribution in [0.15, 0.2) is 0 Å². The third kappa shape index (κ3) is 2.46. The number of likely N-dealkylation sites (N-methyl/N-ethyl adjacent to an activating group) is 1. The second-order valence-electron chi connectivity index (χ2n) is 3.94. The van der Waals surface area contributed by atoms with E-state index >= 15 is 0 Å². The first-order chi connectivity index (χ1) is 5.75. The van der Waals surface area contributed by atoms with Gasteiger partial charge in [-0.2, -0.15) is 0 Å². The van der Waals surface area contributed by atoms with E-state index in [4.69, 9.17) is 5.73 Å². The standard InChI is InChI=1S/C10H22N2/c1-3-12(2)10-8-6-4-5-7-9(10)11/h9-10H,3-8,11H2,1-2H3. The van der Waals surface area contributed by atoms with Gasteiger partial charge >= 0.3 is 0 Å². The van der Waals surface area contributed by atoms with Crippen LogP contribution in [-0.2, 0) is 0 Å². The van der Waals surface area contributed by atoms with E-state index in [2.05, 4.69) is 18.9 Å². The molecule has 2 heteroatoms. The van der Waals surface area contributed by atoms with Gasteiger partial charge < -0.3 is 10.6 Å². The fourth-order valence-electron chi connectivity index (χ4n) is 2.10. The van der Waals surface area contributed by atoms with Crippen molar-refractivity contribution in [3.8, 4) is 0 Å². The van der Waals surface area contributed by atoms with Crippen LogP contribution >= 0.6 is 0 Å². The second-order valence-corrected chi connectivity index (χ2v) is 3.94. The van der Waals surface area contributed by atoms with Gasteiger partial charge in [-0.3, -0.25) is 0 Å². The molecule has 0 bridgehead atoms. The molecule has 12 heavy (non-hydrogen) atoms. The fourth-order valence-corrected chi connectivity index (χ4v) is 2.10. The van der Waals surface area contributed by atoms with Gasteiger partial charge in [-0.25, -0.2) is 0 Å². The summed E-state index contributed by atoms with van der Waals surface area (Å²) in [5.74, 6) is 0. The summed E-state index contributed by atoms with van der Waals surface area (Å²) < 4.78 is 0. The molecule has 0 saturated heterocycles. The van der Waals surface area contributed by atoms with Gasteiger partial charge in [0.15, 0.2) is 0 Å². The quantitative estimate of drug-likeness (QED) is 0.638. The molecule has 1 fully saturated rings. The number of nitrogens with two attached hydrogens (primary N) is 1. The van der Waals surface area contributed by atoms with Crippen LogP contribution in [0.2, 0.25) is 0 Å². The predicted molar refractivity (Wildman–Crippen MR) is 53.2 cm³/mol. The van der Waals surface area contributed by atoms with Crippen molar-refractivity contribution in [3.05, 3.63) is 0 Å². The Balaban J connectivity index is 2.46. The zero-order valence-electron chi connectivity index (χ0n) is 8.42. The second kappa shape index (κ2) is 4.83. The maximum atomic E-state index is 6.11. The van der Waals surface area contributed by atoms with Crippen LogP contribution in [0, 0.1) is 0 Å². The first kappa shape index (κ1) is 10.0. The zero-order valence-corrected chi connectivity index (χ0v) is 8.42. The van der Waals surface area contributed by atoms with Crippen molar-refractivity contribution >= 4 is 0 Å². The number of rotatable bonds is 2. The Morgan fingerprint density at radius 2 is 1.92 bits per heavy atom. The van der Waals surface area contributed by atoms with Crippen molar-refractivity contribution in [2.24, 2.45) is 5.73 Å². The minimum Gasteiger partial charge on any atom is -0.326 e. The average molecular weight is 170 g/mol. The highest BCUT2D eigenvalue weighted by atomic mass is 15.1. The van der Waals surface area contributed by atoms with Crippen molar-refractivity contribution in [2.45, 2.75) is 51.1 Å². The van der Waals surface area contributed by atoms with Crippen LogP contribution in [0.1, 0.15) is 39.0 Å². The van der Waals surface area contributed by atoms with Gasteiger partial charge in [0.2, 0.25) is 0 Å². The summed E-state index contributed by atoms with van der Waals surface area (Å²) in [5, 5.41) is 0. The van der Waals surface area contributed by atoms with Crippen LogP contribution in [0.3, 0.4) is 0 Å². The third-order valence-electron chi connectivity index (χ3n) is 3.10. The van der Waals surface area contributed by atoms with E-state index in [0.29, 0.717) is 12.1 Å². The van der Waals surface area contributed by atoms with Crippen molar-refractivity contribution < 1.29 is 0 Å². The number of hydrogen-bond acceptors (Lipinski definition) is 2. The zero-order chi connectivity index (χ0) is 8.97. The largest absolute Gasteiger partial charge is 0.326 e. The number of nitrogens with zero attached hydrogens (tertiary/aromatic N) is 1. The van der Waals surface area contributed by atoms with Crippen molar-refractivity contribution in [1.82, 2.24) is 4.90 Å². The van der Waals surface area contributed by atoms with E-state index in [9.17, 15) is 0 Å². The summed E-state index contributed by atoms with van der Waals surface area (Å²) >= 11 is 0. The first-order valence-corrected chi connectivity index (χ1v) is 5.21. The Hall–Kier alpha value is -0.0800. The molecule has 2 nitrogen and oxygen atoms in total. The summed E-state index contributed by atoms with van der Waals surface area (Å²) in [6.07, 6.45) is 6.58. The first-order valence-electron chi connectivity index (χ1n) is 5.21. The maximum absolute atomic E-state index is 6.11. The molecule has 2 N–H and O–H groups in total. The van der Waals surface area contributed by atoms with Crippen molar-refractivity contribution in [1.29, 1.82) is 0 Å². The van der Waals surface area contributed by atoms with Gasteiger partial charge in [0.05, 0.1) is 0 Å². The average Bonchev–Trinajstić information content (AvgIpc) is 2.28. The Kier molecular flexibility index (Phi) is 4.02. The molecule has 2 atom stereocenters. The molecule has 0 aromatic heterocycles. The molecular weight excluding hydrogens is 148 g/mol. The Morgan fingerprint density at radius 1 is 1.25 bits per heavy atom. The highest BCUT2D eigenvalue weighted by molar-refractivity contribution is 4.82. The lowest BCUT2D eigenvalue weighted by molar-refractivity contribution is 0.210. The van der Waals surface area contributed by atoms with Crippen LogP contribution in [0.4, 0.5) is 0 Å². The Morgan fingerprint density at radius 3 is 2.58 bits per heavy atom. The van der Waals surface area contributed by atoms with E-state index in [1.807, 2.05) is 0 Å². The van der Waals surface area contributed by atoms with Crippen LogP contribution < -0.4 is 5.73 Å². The molecule has 0 aromatic rings. The third-order valence-corrected chi connectivity index (χ3v) is 3.10. The minimum absolute atomic E-state index is 0.414. The summed E-state index contributed by atoms with van der Waals surface area (Å²) in [5.41, 5.74) is 6.11. The topological polar surface area (TPSA) is 29.3 Å². The molecule has 1 rings (SSSR count). The number of hydrogen-bond donors (Lipinski definition) is 1. The minimum atomic E-state index is 0.414. The van der Waals surface area contributed by atoms with Gasteiger partial charge in [0.1, 0.15) is 0 Å². The molecule has 1 saturated carbocycles. The SMILES string of the molecule is CCN(C)C1CCCCCC1N. The van der Waals surface area contributed by atoms with E-state index < -0.39 is 0 Å². The smallest absolute Gasteiger partial charge is 0.0244 e. The Labute approximate surface area is 76.1 Å². The normalized spacial score (nSPS) is 32.0. The van der Waals surface area contributed by atoms with Crippen molar-refractivity contribution in [2.75, 3.05) is 13.6 Å². The molecule has 0 aliphatic heterocycles. The fraction of sp³-hybridized carbons (Fsp3) is 1.00. The molecule has 0 radical (unpaired) electrons. The van der Waals surface area contributed by atoms with E-state index in [0.717, 1.165) is 6.54 Å². The van der Waals surface area contributed by atoms with Crippen LogP contribution in [0.25, 0.3) is 0 Å². The highest BCUT2D eigenvalue weighted by Crippen LogP contribution is 2.19. The lowest BCUT2D eigenvalue weighted by atomic mass is 10.0. The molecule has 1 aliphatic carbocycles. The van der Waals surface area contributed by atoms with Gasteiger partial charge in [-0.05, 0) is 26.4 Å². The summed E-state index contributed by atoms with van der Waals surface area (Å²) in [6.45, 7) is 3.33.